The number of ether oxygens (including phenoxy) is 7. The molecule has 6 fully saturated rings. The highest BCUT2D eigenvalue weighted by molar-refractivity contribution is 8.77. The van der Waals surface area contributed by atoms with Gasteiger partial charge in [0.1, 0.15) is 30.0 Å². The molecule has 0 aromatic rings. The molecule has 0 N–H and O–H groups in total. The van der Waals surface area contributed by atoms with Gasteiger partial charge < -0.3 is 33.2 Å². The number of carbonyl (C=O) groups excluding carboxylic acids is 3. The van der Waals surface area contributed by atoms with E-state index in [4.69, 9.17) is 33.2 Å². The van der Waals surface area contributed by atoms with Crippen molar-refractivity contribution in [1.82, 2.24) is 0 Å². The number of rotatable bonds is 18. The van der Waals surface area contributed by atoms with Crippen LogP contribution in [0.4, 0.5) is 4.79 Å². The molecule has 284 valence electrons. The van der Waals surface area contributed by atoms with Crippen LogP contribution in [0.1, 0.15) is 124 Å². The lowest BCUT2D eigenvalue weighted by molar-refractivity contribution is -0.144. The largest absolute Gasteiger partial charge is 0.508 e. The third kappa shape index (κ3) is 6.07. The second-order valence-electron chi connectivity index (χ2n) is 16.7. The monoisotopic (exact) mass is 748 g/mol. The summed E-state index contributed by atoms with van der Waals surface area (Å²) in [4.78, 5) is 37.7. The van der Waals surface area contributed by atoms with Crippen LogP contribution in [0.25, 0.3) is 0 Å². The Morgan fingerprint density at radius 2 is 1.67 bits per heavy atom. The third-order valence-electron chi connectivity index (χ3n) is 13.7. The molecule has 8 aliphatic rings. The average Bonchev–Trinajstić information content (AvgIpc) is 4.05. The fourth-order valence-corrected chi connectivity index (χ4v) is 13.9. The lowest BCUT2D eigenvalue weighted by atomic mass is 9.46. The van der Waals surface area contributed by atoms with Crippen LogP contribution < -0.4 is 0 Å². The number of unbranched alkanes of at least 4 members (excludes halogenated alkanes) is 8. The van der Waals surface area contributed by atoms with Gasteiger partial charge in [-0.15, -0.1) is 0 Å². The highest BCUT2D eigenvalue weighted by atomic mass is 33.1. The maximum absolute atomic E-state index is 13.3. The summed E-state index contributed by atoms with van der Waals surface area (Å²) in [5.74, 6) is 1.27. The van der Waals surface area contributed by atoms with Crippen LogP contribution >= 0.6 is 21.6 Å². The molecule has 2 spiro atoms. The Kier molecular flexibility index (Phi) is 10.2. The molecule has 10 atom stereocenters. The van der Waals surface area contributed by atoms with Crippen molar-refractivity contribution in [3.8, 4) is 0 Å². The zero-order valence-corrected chi connectivity index (χ0v) is 32.2. The van der Waals surface area contributed by atoms with E-state index >= 15 is 0 Å². The van der Waals surface area contributed by atoms with Crippen LogP contribution in [0.2, 0.25) is 0 Å². The summed E-state index contributed by atoms with van der Waals surface area (Å²) in [5.41, 5.74) is -0.370. The first-order chi connectivity index (χ1) is 24.7. The van der Waals surface area contributed by atoms with Gasteiger partial charge in [-0.05, 0) is 68.8 Å². The van der Waals surface area contributed by atoms with Crippen LogP contribution in [0, 0.1) is 17.3 Å². The number of hydrogen-bond donors (Lipinski definition) is 0. The molecule has 4 saturated heterocycles. The lowest BCUT2D eigenvalue weighted by Crippen LogP contribution is -2.70. The minimum atomic E-state index is -0.768. The molecule has 0 aromatic carbocycles. The first-order valence-corrected chi connectivity index (χ1v) is 22.3. The van der Waals surface area contributed by atoms with Gasteiger partial charge in [-0.2, -0.15) is 0 Å². The number of carbonyl (C=O) groups is 3. The van der Waals surface area contributed by atoms with Crippen LogP contribution in [0.15, 0.2) is 11.1 Å². The zero-order valence-electron chi connectivity index (χ0n) is 30.6. The summed E-state index contributed by atoms with van der Waals surface area (Å²) in [6.07, 6.45) is 14.0. The predicted molar refractivity (Wildman–Crippen MR) is 192 cm³/mol. The number of epoxide rings is 3. The van der Waals surface area contributed by atoms with E-state index in [1.807, 2.05) is 21.6 Å². The molecule has 8 rings (SSSR count). The molecule has 12 heteroatoms. The molecule has 5 aliphatic heterocycles. The van der Waals surface area contributed by atoms with Crippen molar-refractivity contribution >= 4 is 39.7 Å². The Morgan fingerprint density at radius 3 is 2.39 bits per heavy atom. The maximum atomic E-state index is 13.3. The summed E-state index contributed by atoms with van der Waals surface area (Å²) in [5, 5.41) is 0.780. The Bertz CT molecular complexity index is 1400. The van der Waals surface area contributed by atoms with Gasteiger partial charge in [0.15, 0.2) is 11.7 Å². The quantitative estimate of drug-likeness (QED) is 0.0450. The lowest BCUT2D eigenvalue weighted by Gasteiger charge is -2.53. The van der Waals surface area contributed by atoms with Gasteiger partial charge in [-0.25, -0.2) is 9.59 Å². The Balaban J connectivity index is 0.732. The molecular weight excluding hydrogens is 693 g/mol. The first-order valence-electron chi connectivity index (χ1n) is 19.9. The molecule has 0 bridgehead atoms. The van der Waals surface area contributed by atoms with Crippen molar-refractivity contribution in [1.29, 1.82) is 0 Å². The number of esters is 2. The van der Waals surface area contributed by atoms with E-state index < -0.39 is 29.1 Å². The van der Waals surface area contributed by atoms with Crippen molar-refractivity contribution < 1.29 is 47.5 Å². The molecule has 3 aliphatic carbocycles. The Hall–Kier alpha value is -1.47. The first kappa shape index (κ1) is 36.5. The average molecular weight is 749 g/mol. The van der Waals surface area contributed by atoms with E-state index in [9.17, 15) is 14.4 Å². The summed E-state index contributed by atoms with van der Waals surface area (Å²) >= 11 is 0. The topological polar surface area (TPSA) is 126 Å². The number of hydrogen-bond acceptors (Lipinski definition) is 12. The van der Waals surface area contributed by atoms with Crippen LogP contribution in [0.5, 0.6) is 0 Å². The van der Waals surface area contributed by atoms with Gasteiger partial charge in [0.25, 0.3) is 0 Å². The van der Waals surface area contributed by atoms with Crippen molar-refractivity contribution in [2.75, 3.05) is 25.6 Å². The van der Waals surface area contributed by atoms with E-state index in [0.29, 0.717) is 32.7 Å². The molecule has 5 heterocycles. The molecule has 10 nitrogen and oxygen atoms in total. The normalized spacial score (nSPS) is 40.7. The molecule has 0 aromatic heterocycles. The summed E-state index contributed by atoms with van der Waals surface area (Å²) < 4.78 is 42.8. The summed E-state index contributed by atoms with van der Waals surface area (Å²) in [7, 11) is 3.98. The van der Waals surface area contributed by atoms with Crippen molar-refractivity contribution in [2.45, 2.75) is 170 Å². The SMILES string of the molecule is CC(C)[C@]12O[C@H]1[C@@H]1O[C@]13[C@]1(O[C@H]1C[C@H]1C4=C(CC[C@@]13C)C(=O)OC4)[C@@H]2OC(=O)OCCCCCCCCCCOC(=O)CCCCC1CCSS1. The van der Waals surface area contributed by atoms with Crippen LogP contribution in [0.3, 0.4) is 0 Å². The molecule has 1 unspecified atom stereocenters. The van der Waals surface area contributed by atoms with Crippen molar-refractivity contribution in [2.24, 2.45) is 17.3 Å². The number of fused-ring (bicyclic) bond motifs is 4. The van der Waals surface area contributed by atoms with Gasteiger partial charge in [-0.3, -0.25) is 4.79 Å². The van der Waals surface area contributed by atoms with Crippen molar-refractivity contribution in [3.05, 3.63) is 11.1 Å². The third-order valence-corrected chi connectivity index (χ3v) is 16.7. The van der Waals surface area contributed by atoms with E-state index in [0.717, 1.165) is 93.4 Å². The molecule has 51 heavy (non-hydrogen) atoms. The van der Waals surface area contributed by atoms with Gasteiger partial charge in [0.05, 0.1) is 19.3 Å². The van der Waals surface area contributed by atoms with Gasteiger partial charge in [-0.1, -0.05) is 87.3 Å². The van der Waals surface area contributed by atoms with Crippen molar-refractivity contribution in [3.63, 3.8) is 0 Å². The smallest absolute Gasteiger partial charge is 0.466 e. The minimum Gasteiger partial charge on any atom is -0.466 e. The maximum Gasteiger partial charge on any atom is 0.508 e. The second kappa shape index (κ2) is 14.3. The molecular formula is C39H56O10S2. The van der Waals surface area contributed by atoms with E-state index in [1.54, 1.807) is 0 Å². The standard InChI is InChI=1S/C39H56O10S2/c1-24(2)37-31(48-37)32-39(49-32)36(3)18-16-26-27(23-45-33(26)41)28(36)22-29-38(39,47-29)34(37)46-35(42)44-20-13-9-7-5-4-6-8-12-19-43-30(40)15-11-10-14-25-17-21-50-51-25/h24-25,28-29,31-32,34H,4-23H2,1-3H3/t25?,28-,29-,31-,32-,34+,36-,37-,38+,39+/m0/s1. The summed E-state index contributed by atoms with van der Waals surface area (Å²) in [6, 6.07) is 0. The molecule has 0 amide bonds. The van der Waals surface area contributed by atoms with Gasteiger partial charge >= 0.3 is 18.1 Å². The van der Waals surface area contributed by atoms with Crippen LogP contribution in [-0.2, 0) is 42.7 Å². The Labute approximate surface area is 310 Å². The summed E-state index contributed by atoms with van der Waals surface area (Å²) in [6.45, 7) is 7.72. The van der Waals surface area contributed by atoms with E-state index in [-0.39, 0.29) is 47.5 Å². The predicted octanol–water partition coefficient (Wildman–Crippen LogP) is 7.64. The van der Waals surface area contributed by atoms with Gasteiger partial charge in [0.2, 0.25) is 0 Å². The van der Waals surface area contributed by atoms with Crippen LogP contribution in [-0.4, -0.2) is 90.1 Å². The second-order valence-corrected chi connectivity index (χ2v) is 19.5. The minimum absolute atomic E-state index is 0.0474. The van der Waals surface area contributed by atoms with Gasteiger partial charge in [0, 0.05) is 28.4 Å². The highest BCUT2D eigenvalue weighted by Crippen LogP contribution is 2.83. The van der Waals surface area contributed by atoms with E-state index in [2.05, 4.69) is 20.8 Å². The fraction of sp³-hybridized carbons (Fsp3) is 0.872. The van der Waals surface area contributed by atoms with E-state index in [1.165, 1.54) is 18.6 Å². The molecule has 0 radical (unpaired) electrons. The highest BCUT2D eigenvalue weighted by Gasteiger charge is 3.01. The number of cyclic esters (lactones) is 1. The zero-order chi connectivity index (χ0) is 35.4. The Morgan fingerprint density at radius 1 is 0.922 bits per heavy atom. The molecule has 2 saturated carbocycles. The fourth-order valence-electron chi connectivity index (χ4n) is 10.9.